The lowest BCUT2D eigenvalue weighted by Crippen LogP contribution is -2.26. The van der Waals surface area contributed by atoms with Gasteiger partial charge in [0.2, 0.25) is 0 Å². The second-order valence-electron chi connectivity index (χ2n) is 6.49. The van der Waals surface area contributed by atoms with Crippen molar-refractivity contribution in [2.24, 2.45) is 0 Å². The van der Waals surface area contributed by atoms with Gasteiger partial charge in [-0.05, 0) is 44.0 Å². The third-order valence-corrected chi connectivity index (χ3v) is 5.72. The van der Waals surface area contributed by atoms with Crippen LogP contribution >= 0.6 is 11.3 Å². The van der Waals surface area contributed by atoms with Crippen LogP contribution in [0.4, 0.5) is 0 Å². The first-order chi connectivity index (χ1) is 12.9. The van der Waals surface area contributed by atoms with E-state index in [0.29, 0.717) is 51.2 Å². The summed E-state index contributed by atoms with van der Waals surface area (Å²) in [7, 11) is 0. The van der Waals surface area contributed by atoms with Gasteiger partial charge in [-0.25, -0.2) is 4.98 Å². The molecule has 1 unspecified atom stereocenters. The molecule has 4 rings (SSSR count). The maximum atomic E-state index is 12.8. The lowest BCUT2D eigenvalue weighted by molar-refractivity contribution is 0.0943. The van der Waals surface area contributed by atoms with Crippen LogP contribution in [0.25, 0.3) is 10.2 Å². The van der Waals surface area contributed by atoms with Crippen LogP contribution in [0.15, 0.2) is 23.0 Å². The quantitative estimate of drug-likeness (QED) is 0.723. The third kappa shape index (κ3) is 3.16. The SMILES string of the molecule is Cc1nc2sc(C(=O)NC(C)c3ccc4c(c3)OCCO4)c(C)c2c(=O)[nH]1. The van der Waals surface area contributed by atoms with E-state index in [-0.39, 0.29) is 17.5 Å². The van der Waals surface area contributed by atoms with Gasteiger partial charge < -0.3 is 19.8 Å². The van der Waals surface area contributed by atoms with Crippen LogP contribution in [-0.2, 0) is 0 Å². The van der Waals surface area contributed by atoms with Gasteiger partial charge in [-0.3, -0.25) is 9.59 Å². The molecule has 0 saturated heterocycles. The molecule has 7 nitrogen and oxygen atoms in total. The summed E-state index contributed by atoms with van der Waals surface area (Å²) in [6.07, 6.45) is 0. The highest BCUT2D eigenvalue weighted by atomic mass is 32.1. The number of nitrogens with one attached hydrogen (secondary N) is 2. The Morgan fingerprint density at radius 1 is 1.26 bits per heavy atom. The summed E-state index contributed by atoms with van der Waals surface area (Å²) in [5.74, 6) is 1.70. The molecule has 0 radical (unpaired) electrons. The van der Waals surface area contributed by atoms with Gasteiger partial charge in [0.1, 0.15) is 23.9 Å². The molecule has 2 N–H and O–H groups in total. The van der Waals surface area contributed by atoms with Crippen LogP contribution < -0.4 is 20.3 Å². The number of aromatic amines is 1. The van der Waals surface area contributed by atoms with Crippen molar-refractivity contribution < 1.29 is 14.3 Å². The first-order valence-corrected chi connectivity index (χ1v) is 9.46. The van der Waals surface area contributed by atoms with Crippen molar-refractivity contribution in [1.29, 1.82) is 0 Å². The van der Waals surface area contributed by atoms with Crippen LogP contribution in [-0.4, -0.2) is 29.1 Å². The zero-order valence-electron chi connectivity index (χ0n) is 15.2. The van der Waals surface area contributed by atoms with E-state index in [9.17, 15) is 9.59 Å². The highest BCUT2D eigenvalue weighted by molar-refractivity contribution is 7.20. The fourth-order valence-corrected chi connectivity index (χ4v) is 4.27. The van der Waals surface area contributed by atoms with Crippen molar-refractivity contribution in [3.63, 3.8) is 0 Å². The molecule has 0 saturated carbocycles. The van der Waals surface area contributed by atoms with Crippen LogP contribution in [0.5, 0.6) is 11.5 Å². The molecule has 0 bridgehead atoms. The zero-order chi connectivity index (χ0) is 19.1. The summed E-state index contributed by atoms with van der Waals surface area (Å²) in [5, 5.41) is 3.46. The Balaban J connectivity index is 1.60. The first kappa shape index (κ1) is 17.5. The number of benzene rings is 1. The minimum absolute atomic E-state index is 0.217. The summed E-state index contributed by atoms with van der Waals surface area (Å²) in [4.78, 5) is 33.1. The van der Waals surface area contributed by atoms with Gasteiger partial charge in [0.05, 0.1) is 16.3 Å². The lowest BCUT2D eigenvalue weighted by Gasteiger charge is -2.21. The van der Waals surface area contributed by atoms with Crippen molar-refractivity contribution in [3.8, 4) is 11.5 Å². The molecule has 3 aromatic rings. The Morgan fingerprint density at radius 3 is 2.78 bits per heavy atom. The standard InChI is InChI=1S/C19H19N3O4S/c1-9-15-17(23)21-11(3)22-19(15)27-16(9)18(24)20-10(2)12-4-5-13-14(8-12)26-7-6-25-13/h4-5,8,10H,6-7H2,1-3H3,(H,20,24)(H,21,22,23). The number of aromatic nitrogens is 2. The number of ether oxygens (including phenoxy) is 2. The van der Waals surface area contributed by atoms with Crippen molar-refractivity contribution in [2.75, 3.05) is 13.2 Å². The highest BCUT2D eigenvalue weighted by Crippen LogP contribution is 2.33. The van der Waals surface area contributed by atoms with Crippen molar-refractivity contribution >= 4 is 27.5 Å². The van der Waals surface area contributed by atoms with Crippen LogP contribution in [0.3, 0.4) is 0 Å². The Labute approximate surface area is 159 Å². The predicted octanol–water partition coefficient (Wildman–Crippen LogP) is 2.86. The minimum atomic E-state index is -0.231. The van der Waals surface area contributed by atoms with E-state index in [2.05, 4.69) is 15.3 Å². The summed E-state index contributed by atoms with van der Waals surface area (Å²) < 4.78 is 11.1. The van der Waals surface area contributed by atoms with Gasteiger partial charge in [0.15, 0.2) is 11.5 Å². The summed E-state index contributed by atoms with van der Waals surface area (Å²) in [5.41, 5.74) is 1.35. The minimum Gasteiger partial charge on any atom is -0.486 e. The van der Waals surface area contributed by atoms with E-state index in [1.165, 1.54) is 11.3 Å². The molecule has 0 aliphatic carbocycles. The second kappa shape index (κ2) is 6.70. The van der Waals surface area contributed by atoms with Crippen LogP contribution in [0.1, 0.15) is 39.6 Å². The number of carbonyl (C=O) groups is 1. The monoisotopic (exact) mass is 385 g/mol. The number of rotatable bonds is 3. The van der Waals surface area contributed by atoms with E-state index in [1.54, 1.807) is 13.8 Å². The predicted molar refractivity (Wildman–Crippen MR) is 103 cm³/mol. The molecular weight excluding hydrogens is 366 g/mol. The van der Waals surface area contributed by atoms with Crippen molar-refractivity contribution in [2.45, 2.75) is 26.8 Å². The Bertz CT molecular complexity index is 1100. The fourth-order valence-electron chi connectivity index (χ4n) is 3.14. The van der Waals surface area contributed by atoms with E-state index >= 15 is 0 Å². The molecule has 1 aliphatic heterocycles. The average Bonchev–Trinajstić information content (AvgIpc) is 2.97. The highest BCUT2D eigenvalue weighted by Gasteiger charge is 2.21. The Hall–Kier alpha value is -2.87. The number of nitrogens with zero attached hydrogens (tertiary/aromatic N) is 1. The molecule has 1 aliphatic rings. The molecule has 2 aromatic heterocycles. The largest absolute Gasteiger partial charge is 0.486 e. The van der Waals surface area contributed by atoms with E-state index < -0.39 is 0 Å². The Morgan fingerprint density at radius 2 is 2.00 bits per heavy atom. The topological polar surface area (TPSA) is 93.3 Å². The molecule has 1 amide bonds. The summed E-state index contributed by atoms with van der Waals surface area (Å²) in [6.45, 7) is 6.45. The zero-order valence-corrected chi connectivity index (χ0v) is 16.0. The molecule has 1 aromatic carbocycles. The first-order valence-electron chi connectivity index (χ1n) is 8.64. The number of amides is 1. The van der Waals surface area contributed by atoms with Gasteiger partial charge >= 0.3 is 0 Å². The number of thiophene rings is 1. The molecular formula is C19H19N3O4S. The smallest absolute Gasteiger partial charge is 0.262 e. The molecule has 3 heterocycles. The van der Waals surface area contributed by atoms with Gasteiger partial charge in [-0.2, -0.15) is 0 Å². The van der Waals surface area contributed by atoms with Gasteiger partial charge in [0.25, 0.3) is 11.5 Å². The third-order valence-electron chi connectivity index (χ3n) is 4.54. The van der Waals surface area contributed by atoms with Gasteiger partial charge in [-0.1, -0.05) is 6.07 Å². The molecule has 0 spiro atoms. The average molecular weight is 385 g/mol. The van der Waals surface area contributed by atoms with E-state index in [1.807, 2.05) is 25.1 Å². The van der Waals surface area contributed by atoms with Crippen molar-refractivity contribution in [1.82, 2.24) is 15.3 Å². The maximum Gasteiger partial charge on any atom is 0.262 e. The second-order valence-corrected chi connectivity index (χ2v) is 7.48. The van der Waals surface area contributed by atoms with Crippen LogP contribution in [0, 0.1) is 13.8 Å². The van der Waals surface area contributed by atoms with Gasteiger partial charge in [-0.15, -0.1) is 11.3 Å². The number of carbonyl (C=O) groups excluding carboxylic acids is 1. The number of H-pyrrole nitrogens is 1. The molecule has 0 fully saturated rings. The molecule has 8 heteroatoms. The van der Waals surface area contributed by atoms with E-state index in [4.69, 9.17) is 9.47 Å². The summed E-state index contributed by atoms with van der Waals surface area (Å²) in [6, 6.07) is 5.41. The number of fused-ring (bicyclic) bond motifs is 2. The van der Waals surface area contributed by atoms with Gasteiger partial charge in [0, 0.05) is 0 Å². The van der Waals surface area contributed by atoms with E-state index in [0.717, 1.165) is 5.56 Å². The summed E-state index contributed by atoms with van der Waals surface area (Å²) >= 11 is 1.23. The number of hydrogen-bond donors (Lipinski definition) is 2. The molecule has 1 atom stereocenters. The number of aryl methyl sites for hydroxylation is 2. The molecule has 27 heavy (non-hydrogen) atoms. The molecule has 140 valence electrons. The van der Waals surface area contributed by atoms with Crippen LogP contribution in [0.2, 0.25) is 0 Å². The normalized spacial score (nSPS) is 14.2. The number of hydrogen-bond acceptors (Lipinski definition) is 6. The fraction of sp³-hybridized carbons (Fsp3) is 0.316. The maximum absolute atomic E-state index is 12.8. The van der Waals surface area contributed by atoms with Crippen molar-refractivity contribution in [3.05, 3.63) is 50.4 Å². The lowest BCUT2D eigenvalue weighted by atomic mass is 10.1. The Kier molecular flexibility index (Phi) is 4.35.